The third kappa shape index (κ3) is 1.95. The van der Waals surface area contributed by atoms with Gasteiger partial charge in [-0.25, -0.2) is 0 Å². The van der Waals surface area contributed by atoms with Gasteiger partial charge in [0.2, 0.25) is 0 Å². The zero-order chi connectivity index (χ0) is 9.97. The summed E-state index contributed by atoms with van der Waals surface area (Å²) in [6.07, 6.45) is 4.40. The van der Waals surface area contributed by atoms with E-state index in [0.717, 1.165) is 26.2 Å². The second-order valence-electron chi connectivity index (χ2n) is 4.44. The Labute approximate surface area is 86.0 Å². The maximum Gasteiger partial charge on any atom is 0.0739 e. The van der Waals surface area contributed by atoms with Gasteiger partial charge < -0.3 is 9.84 Å². The van der Waals surface area contributed by atoms with Gasteiger partial charge in [0, 0.05) is 12.6 Å². The Balaban J connectivity index is 1.97. The number of aliphatic hydroxyl groups excluding tert-OH is 1. The molecule has 2 rings (SSSR count). The van der Waals surface area contributed by atoms with E-state index in [0.29, 0.717) is 6.04 Å². The van der Waals surface area contributed by atoms with Crippen molar-refractivity contribution < 1.29 is 9.84 Å². The van der Waals surface area contributed by atoms with Crippen molar-refractivity contribution in [2.24, 2.45) is 0 Å². The Kier molecular flexibility index (Phi) is 3.42. The molecular weight excluding hydrogens is 178 g/mol. The minimum atomic E-state index is -0.170. The molecule has 3 heteroatoms. The largest absolute Gasteiger partial charge is 0.391 e. The molecule has 0 saturated carbocycles. The lowest BCUT2D eigenvalue weighted by atomic mass is 10.0. The number of ether oxygens (including phenoxy) is 1. The molecule has 82 valence electrons. The predicted octanol–water partition coefficient (Wildman–Crippen LogP) is 1.01. The van der Waals surface area contributed by atoms with E-state index >= 15 is 0 Å². The van der Waals surface area contributed by atoms with Crippen LogP contribution < -0.4 is 0 Å². The van der Waals surface area contributed by atoms with Gasteiger partial charge in [-0.1, -0.05) is 6.92 Å². The molecule has 0 bridgehead atoms. The van der Waals surface area contributed by atoms with Crippen molar-refractivity contribution in [3.8, 4) is 0 Å². The zero-order valence-electron chi connectivity index (χ0n) is 8.98. The summed E-state index contributed by atoms with van der Waals surface area (Å²) in [5.41, 5.74) is 0. The number of hydrogen-bond donors (Lipinski definition) is 1. The Bertz CT molecular complexity index is 186. The van der Waals surface area contributed by atoms with Crippen LogP contribution in [-0.2, 0) is 4.74 Å². The third-order valence-electron chi connectivity index (χ3n) is 3.61. The fourth-order valence-electron chi connectivity index (χ4n) is 2.76. The lowest BCUT2D eigenvalue weighted by Gasteiger charge is -2.38. The van der Waals surface area contributed by atoms with Gasteiger partial charge in [0.25, 0.3) is 0 Å². The van der Waals surface area contributed by atoms with Crippen LogP contribution in [0.5, 0.6) is 0 Å². The van der Waals surface area contributed by atoms with E-state index in [-0.39, 0.29) is 12.1 Å². The van der Waals surface area contributed by atoms with E-state index in [2.05, 4.69) is 11.8 Å². The fourth-order valence-corrected chi connectivity index (χ4v) is 2.76. The van der Waals surface area contributed by atoms with Gasteiger partial charge in [0.1, 0.15) is 0 Å². The van der Waals surface area contributed by atoms with Crippen LogP contribution in [0, 0.1) is 0 Å². The highest BCUT2D eigenvalue weighted by Crippen LogP contribution is 2.26. The van der Waals surface area contributed by atoms with Crippen LogP contribution in [0.3, 0.4) is 0 Å². The van der Waals surface area contributed by atoms with E-state index in [1.54, 1.807) is 0 Å². The van der Waals surface area contributed by atoms with Crippen LogP contribution in [0.4, 0.5) is 0 Å². The average Bonchev–Trinajstić information content (AvgIpc) is 2.66. The lowest BCUT2D eigenvalue weighted by molar-refractivity contribution is -0.0652. The molecule has 0 aromatic carbocycles. The summed E-state index contributed by atoms with van der Waals surface area (Å²) in [5.74, 6) is 0. The molecule has 2 saturated heterocycles. The first kappa shape index (κ1) is 10.4. The zero-order valence-corrected chi connectivity index (χ0v) is 8.98. The van der Waals surface area contributed by atoms with E-state index in [9.17, 15) is 5.11 Å². The average molecular weight is 199 g/mol. The van der Waals surface area contributed by atoms with Gasteiger partial charge in [0.05, 0.1) is 18.8 Å². The standard InChI is InChI=1S/C11H21NO2/c1-2-9-4-3-6-12(9)10-8-14-7-5-11(10)13/h9-11,13H,2-8H2,1H3. The van der Waals surface area contributed by atoms with Crippen molar-refractivity contribution in [2.45, 2.75) is 50.8 Å². The first-order chi connectivity index (χ1) is 6.83. The Morgan fingerprint density at radius 2 is 2.29 bits per heavy atom. The quantitative estimate of drug-likeness (QED) is 0.720. The topological polar surface area (TPSA) is 32.7 Å². The van der Waals surface area contributed by atoms with Crippen LogP contribution >= 0.6 is 0 Å². The van der Waals surface area contributed by atoms with Crippen LogP contribution in [0.15, 0.2) is 0 Å². The van der Waals surface area contributed by atoms with Crippen LogP contribution in [-0.4, -0.2) is 48.0 Å². The molecule has 3 atom stereocenters. The van der Waals surface area contributed by atoms with Gasteiger partial charge in [-0.15, -0.1) is 0 Å². The second-order valence-corrected chi connectivity index (χ2v) is 4.44. The summed E-state index contributed by atoms with van der Waals surface area (Å²) in [5, 5.41) is 9.92. The molecule has 2 aliphatic rings. The molecule has 1 N–H and O–H groups in total. The molecule has 3 nitrogen and oxygen atoms in total. The lowest BCUT2D eigenvalue weighted by Crippen LogP contribution is -2.51. The van der Waals surface area contributed by atoms with E-state index < -0.39 is 0 Å². The summed E-state index contributed by atoms with van der Waals surface area (Å²) in [7, 11) is 0. The molecule has 0 spiro atoms. The van der Waals surface area contributed by atoms with Gasteiger partial charge in [-0.2, -0.15) is 0 Å². The Hall–Kier alpha value is -0.120. The minimum Gasteiger partial charge on any atom is -0.391 e. The molecule has 2 fully saturated rings. The first-order valence-corrected chi connectivity index (χ1v) is 5.84. The highest BCUT2D eigenvalue weighted by molar-refractivity contribution is 4.89. The maximum absolute atomic E-state index is 9.92. The van der Waals surface area contributed by atoms with Crippen LogP contribution in [0.2, 0.25) is 0 Å². The van der Waals surface area contributed by atoms with Crippen molar-refractivity contribution in [2.75, 3.05) is 19.8 Å². The maximum atomic E-state index is 9.92. The number of aliphatic hydroxyl groups is 1. The molecule has 0 radical (unpaired) electrons. The highest BCUT2D eigenvalue weighted by atomic mass is 16.5. The van der Waals surface area contributed by atoms with E-state index in [1.807, 2.05) is 0 Å². The summed E-state index contributed by atoms with van der Waals surface area (Å²) >= 11 is 0. The fraction of sp³-hybridized carbons (Fsp3) is 1.00. The number of hydrogen-bond acceptors (Lipinski definition) is 3. The van der Waals surface area contributed by atoms with Crippen LogP contribution in [0.25, 0.3) is 0 Å². The summed E-state index contributed by atoms with van der Waals surface area (Å²) in [6, 6.07) is 0.938. The van der Waals surface area contributed by atoms with E-state index in [4.69, 9.17) is 4.74 Å². The molecule has 0 aromatic rings. The van der Waals surface area contributed by atoms with Crippen LogP contribution in [0.1, 0.15) is 32.6 Å². The smallest absolute Gasteiger partial charge is 0.0739 e. The third-order valence-corrected chi connectivity index (χ3v) is 3.61. The Morgan fingerprint density at radius 3 is 3.00 bits per heavy atom. The van der Waals surface area contributed by atoms with Gasteiger partial charge in [0.15, 0.2) is 0 Å². The molecular formula is C11H21NO2. The van der Waals surface area contributed by atoms with Crippen molar-refractivity contribution in [3.05, 3.63) is 0 Å². The summed E-state index contributed by atoms with van der Waals surface area (Å²) in [6.45, 7) is 4.82. The Morgan fingerprint density at radius 1 is 1.43 bits per heavy atom. The normalized spacial score (nSPS) is 40.3. The monoisotopic (exact) mass is 199 g/mol. The molecule has 2 aliphatic heterocycles. The van der Waals surface area contributed by atoms with Crippen molar-refractivity contribution in [1.29, 1.82) is 0 Å². The second kappa shape index (κ2) is 4.60. The molecule has 2 heterocycles. The molecule has 0 amide bonds. The number of nitrogens with zero attached hydrogens (tertiary/aromatic N) is 1. The molecule has 0 aliphatic carbocycles. The predicted molar refractivity (Wildman–Crippen MR) is 55.2 cm³/mol. The van der Waals surface area contributed by atoms with E-state index in [1.165, 1.54) is 19.3 Å². The first-order valence-electron chi connectivity index (χ1n) is 5.84. The SMILES string of the molecule is CCC1CCCN1C1COCCC1O. The minimum absolute atomic E-state index is 0.170. The van der Waals surface area contributed by atoms with Gasteiger partial charge in [-0.3, -0.25) is 4.90 Å². The number of likely N-dealkylation sites (tertiary alicyclic amines) is 1. The van der Waals surface area contributed by atoms with Gasteiger partial charge >= 0.3 is 0 Å². The van der Waals surface area contributed by atoms with Crippen molar-refractivity contribution in [3.63, 3.8) is 0 Å². The molecule has 0 aromatic heterocycles. The summed E-state index contributed by atoms with van der Waals surface area (Å²) in [4.78, 5) is 2.46. The van der Waals surface area contributed by atoms with Crippen molar-refractivity contribution in [1.82, 2.24) is 4.90 Å². The number of rotatable bonds is 2. The van der Waals surface area contributed by atoms with Crippen molar-refractivity contribution >= 4 is 0 Å². The van der Waals surface area contributed by atoms with Gasteiger partial charge in [-0.05, 0) is 32.2 Å². The highest BCUT2D eigenvalue weighted by Gasteiger charge is 2.35. The molecule has 3 unspecified atom stereocenters. The summed E-state index contributed by atoms with van der Waals surface area (Å²) < 4.78 is 5.46. The molecule has 14 heavy (non-hydrogen) atoms.